The van der Waals surface area contributed by atoms with Gasteiger partial charge in [0.05, 0.1) is 20.3 Å². The molecule has 0 aliphatic rings. The predicted molar refractivity (Wildman–Crippen MR) is 98.7 cm³/mol. The standard InChI is InChI=1S/C16H24NO6PS/c1-5-22-24(19,23-6-2)16(12-17,25-4)15(18)21-11-13-7-9-14(20-3)10-8-13/h7-10,12,17H,5-6,11H2,1-4H3. The summed E-state index contributed by atoms with van der Waals surface area (Å²) >= 11 is 0.903. The van der Waals surface area contributed by atoms with Crippen LogP contribution in [0.1, 0.15) is 19.4 Å². The summed E-state index contributed by atoms with van der Waals surface area (Å²) in [6, 6.07) is 6.99. The van der Waals surface area contributed by atoms with Crippen molar-refractivity contribution in [3.63, 3.8) is 0 Å². The number of nitrogens with one attached hydrogen (secondary N) is 1. The van der Waals surface area contributed by atoms with Gasteiger partial charge in [0.25, 0.3) is 0 Å². The van der Waals surface area contributed by atoms with Crippen molar-refractivity contribution < 1.29 is 27.9 Å². The van der Waals surface area contributed by atoms with Gasteiger partial charge in [-0.05, 0) is 37.8 Å². The molecule has 1 atom stereocenters. The molecule has 9 heteroatoms. The summed E-state index contributed by atoms with van der Waals surface area (Å²) < 4.78 is 32.2. The third-order valence-electron chi connectivity index (χ3n) is 3.33. The average Bonchev–Trinajstić information content (AvgIpc) is 2.62. The Balaban J connectivity index is 3.00. The molecule has 140 valence electrons. The quantitative estimate of drug-likeness (QED) is 0.350. The predicted octanol–water partition coefficient (Wildman–Crippen LogP) is 3.71. The Morgan fingerprint density at radius 3 is 2.20 bits per heavy atom. The molecule has 1 unspecified atom stereocenters. The van der Waals surface area contributed by atoms with E-state index in [-0.39, 0.29) is 19.8 Å². The first-order valence-electron chi connectivity index (χ1n) is 7.69. The zero-order chi connectivity index (χ0) is 18.9. The number of rotatable bonds is 11. The maximum Gasteiger partial charge on any atom is 0.363 e. The molecule has 0 bridgehead atoms. The Morgan fingerprint density at radius 1 is 1.24 bits per heavy atom. The smallest absolute Gasteiger partial charge is 0.363 e. The number of esters is 1. The van der Waals surface area contributed by atoms with Crippen LogP contribution in [0.4, 0.5) is 0 Å². The fourth-order valence-electron chi connectivity index (χ4n) is 2.05. The van der Waals surface area contributed by atoms with Crippen molar-refractivity contribution in [3.8, 4) is 5.75 Å². The van der Waals surface area contributed by atoms with E-state index in [0.717, 1.165) is 23.5 Å². The van der Waals surface area contributed by atoms with Crippen molar-refractivity contribution in [2.45, 2.75) is 24.9 Å². The van der Waals surface area contributed by atoms with E-state index in [1.165, 1.54) is 0 Å². The lowest BCUT2D eigenvalue weighted by molar-refractivity contribution is -0.144. The largest absolute Gasteiger partial charge is 0.497 e. The Labute approximate surface area is 152 Å². The van der Waals surface area contributed by atoms with Crippen LogP contribution in [0.25, 0.3) is 0 Å². The Kier molecular flexibility index (Phi) is 8.65. The Hall–Kier alpha value is -1.34. The molecule has 0 spiro atoms. The normalized spacial score (nSPS) is 13.8. The number of carbonyl (C=O) groups excluding carboxylic acids is 1. The number of hydrogen-bond donors (Lipinski definition) is 1. The Morgan fingerprint density at radius 2 is 1.80 bits per heavy atom. The highest BCUT2D eigenvalue weighted by molar-refractivity contribution is 8.08. The molecule has 0 saturated heterocycles. The summed E-state index contributed by atoms with van der Waals surface area (Å²) in [5.41, 5.74) is 0.733. The summed E-state index contributed by atoms with van der Waals surface area (Å²) in [6.07, 6.45) is 2.34. The van der Waals surface area contributed by atoms with Gasteiger partial charge in [0, 0.05) is 6.21 Å². The molecule has 1 aromatic carbocycles. The molecule has 1 rings (SSSR count). The number of benzene rings is 1. The second kappa shape index (κ2) is 9.97. The third kappa shape index (κ3) is 4.85. The van der Waals surface area contributed by atoms with Gasteiger partial charge in [-0.1, -0.05) is 12.1 Å². The van der Waals surface area contributed by atoms with E-state index in [9.17, 15) is 9.36 Å². The molecule has 0 amide bonds. The lowest BCUT2D eigenvalue weighted by atomic mass is 10.2. The summed E-state index contributed by atoms with van der Waals surface area (Å²) in [7, 11) is -2.36. The fourth-order valence-corrected chi connectivity index (χ4v) is 5.19. The van der Waals surface area contributed by atoms with Crippen molar-refractivity contribution in [2.24, 2.45) is 0 Å². The van der Waals surface area contributed by atoms with Gasteiger partial charge < -0.3 is 23.9 Å². The molecule has 0 fully saturated rings. The minimum Gasteiger partial charge on any atom is -0.497 e. The molecule has 0 aromatic heterocycles. The number of ether oxygens (including phenoxy) is 2. The van der Waals surface area contributed by atoms with Crippen LogP contribution in [-0.4, -0.2) is 43.3 Å². The van der Waals surface area contributed by atoms with E-state index in [4.69, 9.17) is 23.9 Å². The summed E-state index contributed by atoms with van der Waals surface area (Å²) in [5.74, 6) is -0.152. The van der Waals surface area contributed by atoms with Crippen molar-refractivity contribution in [2.75, 3.05) is 26.6 Å². The van der Waals surface area contributed by atoms with Gasteiger partial charge >= 0.3 is 13.6 Å². The van der Waals surface area contributed by atoms with E-state index in [2.05, 4.69) is 0 Å². The topological polar surface area (TPSA) is 94.9 Å². The second-order valence-electron chi connectivity index (χ2n) is 4.80. The minimum absolute atomic E-state index is 0.0305. The molecule has 0 saturated carbocycles. The van der Waals surface area contributed by atoms with E-state index < -0.39 is 18.1 Å². The van der Waals surface area contributed by atoms with Crippen molar-refractivity contribution in [1.29, 1.82) is 5.41 Å². The number of hydrogen-bond acceptors (Lipinski definition) is 8. The molecule has 1 N–H and O–H groups in total. The van der Waals surface area contributed by atoms with E-state index in [0.29, 0.717) is 5.75 Å². The molecular weight excluding hydrogens is 365 g/mol. The maximum absolute atomic E-state index is 13.1. The van der Waals surface area contributed by atoms with Crippen LogP contribution in [0.5, 0.6) is 5.75 Å². The number of thioether (sulfide) groups is 1. The monoisotopic (exact) mass is 389 g/mol. The van der Waals surface area contributed by atoms with Gasteiger partial charge in [-0.15, -0.1) is 11.8 Å². The maximum atomic E-state index is 13.1. The molecule has 0 radical (unpaired) electrons. The molecular formula is C16H24NO6PS. The van der Waals surface area contributed by atoms with Gasteiger partial charge in [0.2, 0.25) is 4.49 Å². The van der Waals surface area contributed by atoms with Crippen LogP contribution >= 0.6 is 19.4 Å². The summed E-state index contributed by atoms with van der Waals surface area (Å²) in [4.78, 5) is 12.7. The molecule has 0 aliphatic carbocycles. The first kappa shape index (κ1) is 21.7. The molecule has 25 heavy (non-hydrogen) atoms. The lowest BCUT2D eigenvalue weighted by Crippen LogP contribution is -2.39. The van der Waals surface area contributed by atoms with Gasteiger partial charge in [0.15, 0.2) is 0 Å². The molecule has 0 heterocycles. The first-order chi connectivity index (χ1) is 11.9. The molecule has 7 nitrogen and oxygen atoms in total. The van der Waals surface area contributed by atoms with Crippen molar-refractivity contribution in [3.05, 3.63) is 29.8 Å². The second-order valence-corrected chi connectivity index (χ2v) is 8.37. The van der Waals surface area contributed by atoms with Crippen LogP contribution in [0, 0.1) is 5.41 Å². The van der Waals surface area contributed by atoms with Gasteiger partial charge in [-0.25, -0.2) is 4.79 Å². The van der Waals surface area contributed by atoms with Crippen LogP contribution in [-0.2, 0) is 29.8 Å². The lowest BCUT2D eigenvalue weighted by Gasteiger charge is -2.32. The highest BCUT2D eigenvalue weighted by Gasteiger charge is 2.57. The zero-order valence-corrected chi connectivity index (χ0v) is 16.5. The van der Waals surface area contributed by atoms with Crippen LogP contribution < -0.4 is 4.74 Å². The SMILES string of the molecule is CCOP(=O)(OCC)C(C=N)(SC)C(=O)OCc1ccc(OC)cc1. The number of carbonyl (C=O) groups is 1. The zero-order valence-electron chi connectivity index (χ0n) is 14.8. The van der Waals surface area contributed by atoms with Crippen molar-refractivity contribution in [1.82, 2.24) is 0 Å². The molecule has 1 aromatic rings. The average molecular weight is 389 g/mol. The minimum atomic E-state index is -3.93. The highest BCUT2D eigenvalue weighted by Crippen LogP contribution is 2.63. The number of methoxy groups -OCH3 is 1. The van der Waals surface area contributed by atoms with Gasteiger partial charge in [0.1, 0.15) is 12.4 Å². The Bertz CT molecular complexity index is 614. The van der Waals surface area contributed by atoms with Crippen LogP contribution in [0.15, 0.2) is 24.3 Å². The summed E-state index contributed by atoms with van der Waals surface area (Å²) in [5, 5.41) is 7.69. The highest BCUT2D eigenvalue weighted by atomic mass is 32.2. The fraction of sp³-hybridized carbons (Fsp3) is 0.500. The van der Waals surface area contributed by atoms with Crippen LogP contribution in [0.3, 0.4) is 0 Å². The van der Waals surface area contributed by atoms with Gasteiger partial charge in [-0.3, -0.25) is 4.57 Å². The first-order valence-corrected chi connectivity index (χ1v) is 10.5. The van der Waals surface area contributed by atoms with E-state index >= 15 is 0 Å². The summed E-state index contributed by atoms with van der Waals surface area (Å²) in [6.45, 7) is 3.42. The van der Waals surface area contributed by atoms with E-state index in [1.807, 2.05) is 0 Å². The van der Waals surface area contributed by atoms with Crippen LogP contribution in [0.2, 0.25) is 0 Å². The van der Waals surface area contributed by atoms with Gasteiger partial charge in [-0.2, -0.15) is 0 Å². The van der Waals surface area contributed by atoms with Crippen molar-refractivity contribution >= 4 is 31.5 Å². The molecule has 0 aliphatic heterocycles. The van der Waals surface area contributed by atoms with E-state index in [1.54, 1.807) is 51.5 Å². The third-order valence-corrected chi connectivity index (χ3v) is 7.78.